The van der Waals surface area contributed by atoms with Gasteiger partial charge in [-0.3, -0.25) is 14.4 Å². The summed E-state index contributed by atoms with van der Waals surface area (Å²) in [6, 6.07) is 22.6. The van der Waals surface area contributed by atoms with Gasteiger partial charge in [-0.2, -0.15) is 0 Å². The number of unbranched alkanes of at least 4 members (excludes halogenated alkanes) is 2. The quantitative estimate of drug-likeness (QED) is 0.241. The number of nitrogens with one attached hydrogen (secondary N) is 2. The van der Waals surface area contributed by atoms with Crippen LogP contribution in [0.3, 0.4) is 0 Å². The monoisotopic (exact) mass is 570 g/mol. The Morgan fingerprint density at radius 3 is 2.43 bits per heavy atom. The molecule has 1 aliphatic rings. The van der Waals surface area contributed by atoms with Gasteiger partial charge in [0.25, 0.3) is 5.91 Å². The van der Waals surface area contributed by atoms with Crippen LogP contribution in [0.15, 0.2) is 72.8 Å². The molecule has 0 fully saturated rings. The van der Waals surface area contributed by atoms with Crippen LogP contribution in [-0.2, 0) is 22.6 Å². The summed E-state index contributed by atoms with van der Waals surface area (Å²) in [7, 11) is 0. The number of rotatable bonds is 12. The van der Waals surface area contributed by atoms with Gasteiger partial charge in [-0.25, -0.2) is 0 Å². The van der Waals surface area contributed by atoms with Crippen LogP contribution >= 0.6 is 0 Å². The van der Waals surface area contributed by atoms with E-state index in [2.05, 4.69) is 10.6 Å². The number of hydrogen-bond acceptors (Lipinski definition) is 5. The van der Waals surface area contributed by atoms with Crippen molar-refractivity contribution in [3.8, 4) is 11.1 Å². The van der Waals surface area contributed by atoms with Crippen LogP contribution in [0.1, 0.15) is 67.4 Å². The van der Waals surface area contributed by atoms with E-state index in [4.69, 9.17) is 10.8 Å². The number of aliphatic hydroxyl groups is 1. The van der Waals surface area contributed by atoms with Gasteiger partial charge in [-0.15, -0.1) is 0 Å². The average Bonchev–Trinajstić information content (AvgIpc) is 3.09. The molecule has 0 aromatic heterocycles. The van der Waals surface area contributed by atoms with Gasteiger partial charge in [-0.1, -0.05) is 60.7 Å². The van der Waals surface area contributed by atoms with Crippen molar-refractivity contribution in [3.63, 3.8) is 0 Å². The van der Waals surface area contributed by atoms with E-state index in [1.807, 2.05) is 72.8 Å². The number of aliphatic hydroxyl groups excluding tert-OH is 1. The molecule has 0 aliphatic carbocycles. The third-order valence-electron chi connectivity index (χ3n) is 7.40. The minimum atomic E-state index is -0.665. The summed E-state index contributed by atoms with van der Waals surface area (Å²) in [4.78, 5) is 41.1. The Hall–Kier alpha value is -4.01. The van der Waals surface area contributed by atoms with Gasteiger partial charge in [0.15, 0.2) is 0 Å². The predicted octanol–water partition coefficient (Wildman–Crippen LogP) is 4.34. The molecule has 42 heavy (non-hydrogen) atoms. The summed E-state index contributed by atoms with van der Waals surface area (Å²) in [5.41, 5.74) is 10.6. The molecule has 1 heterocycles. The summed E-state index contributed by atoms with van der Waals surface area (Å²) in [5, 5.41) is 14.9. The number of nitrogens with zero attached hydrogens (tertiary/aromatic N) is 1. The fourth-order valence-electron chi connectivity index (χ4n) is 5.29. The van der Waals surface area contributed by atoms with Gasteiger partial charge in [0.1, 0.15) is 6.04 Å². The molecule has 8 heteroatoms. The second-order valence-corrected chi connectivity index (χ2v) is 11.7. The number of aryl methyl sites for hydroxylation is 1. The normalized spacial score (nSPS) is 15.1. The SMILES string of the molecule is CC(C)(N)CC(=O)N[C@@H]1CCc2ccccc2N(Cc2ccc(-c3ccccc3C(=O)NCCCCCO)cc2)C1=O. The lowest BCUT2D eigenvalue weighted by Gasteiger charge is -2.27. The van der Waals surface area contributed by atoms with Gasteiger partial charge in [-0.05, 0) is 80.3 Å². The lowest BCUT2D eigenvalue weighted by molar-refractivity contribution is -0.128. The van der Waals surface area contributed by atoms with Crippen LogP contribution < -0.4 is 21.3 Å². The van der Waals surface area contributed by atoms with Crippen molar-refractivity contribution in [3.05, 3.63) is 89.5 Å². The molecule has 3 amide bonds. The Labute approximate surface area is 248 Å². The van der Waals surface area contributed by atoms with E-state index in [9.17, 15) is 14.4 Å². The van der Waals surface area contributed by atoms with E-state index in [0.29, 0.717) is 31.5 Å². The van der Waals surface area contributed by atoms with Gasteiger partial charge in [0.2, 0.25) is 11.8 Å². The summed E-state index contributed by atoms with van der Waals surface area (Å²) >= 11 is 0. The van der Waals surface area contributed by atoms with Crippen LogP contribution in [0.2, 0.25) is 0 Å². The van der Waals surface area contributed by atoms with Crippen molar-refractivity contribution in [2.75, 3.05) is 18.1 Å². The first-order valence-corrected chi connectivity index (χ1v) is 14.7. The highest BCUT2D eigenvalue weighted by Crippen LogP contribution is 2.30. The Balaban J connectivity index is 1.51. The zero-order valence-electron chi connectivity index (χ0n) is 24.6. The number of carbonyl (C=O) groups is 3. The molecule has 222 valence electrons. The van der Waals surface area contributed by atoms with Crippen LogP contribution in [0, 0.1) is 0 Å². The maximum absolute atomic E-state index is 13.8. The number of nitrogens with two attached hydrogens (primary N) is 1. The van der Waals surface area contributed by atoms with Crippen molar-refractivity contribution in [1.29, 1.82) is 0 Å². The molecule has 0 saturated carbocycles. The van der Waals surface area contributed by atoms with Crippen LogP contribution in [0.5, 0.6) is 0 Å². The molecule has 8 nitrogen and oxygen atoms in total. The highest BCUT2D eigenvalue weighted by atomic mass is 16.3. The number of hydrogen-bond donors (Lipinski definition) is 4. The van der Waals surface area contributed by atoms with Gasteiger partial charge in [0.05, 0.1) is 6.54 Å². The molecule has 0 radical (unpaired) electrons. The fraction of sp³-hybridized carbons (Fsp3) is 0.382. The minimum Gasteiger partial charge on any atom is -0.396 e. The zero-order valence-corrected chi connectivity index (χ0v) is 24.6. The van der Waals surface area contributed by atoms with E-state index in [1.165, 1.54) is 0 Å². The lowest BCUT2D eigenvalue weighted by atomic mass is 9.98. The van der Waals surface area contributed by atoms with E-state index >= 15 is 0 Å². The fourth-order valence-corrected chi connectivity index (χ4v) is 5.29. The largest absolute Gasteiger partial charge is 0.396 e. The first-order valence-electron chi connectivity index (χ1n) is 14.7. The predicted molar refractivity (Wildman–Crippen MR) is 166 cm³/mol. The number of para-hydroxylation sites is 1. The molecule has 0 bridgehead atoms. The molecule has 0 unspecified atom stereocenters. The maximum Gasteiger partial charge on any atom is 0.251 e. The molecule has 3 aromatic carbocycles. The van der Waals surface area contributed by atoms with E-state index in [0.717, 1.165) is 47.2 Å². The molecule has 1 atom stereocenters. The Morgan fingerprint density at radius 1 is 0.976 bits per heavy atom. The van der Waals surface area contributed by atoms with Crippen molar-refractivity contribution in [1.82, 2.24) is 10.6 Å². The van der Waals surface area contributed by atoms with Crippen molar-refractivity contribution in [2.45, 2.75) is 70.5 Å². The second kappa shape index (κ2) is 14.2. The molecular formula is C34H42N4O4. The van der Waals surface area contributed by atoms with Crippen LogP contribution in [0.25, 0.3) is 11.1 Å². The summed E-state index contributed by atoms with van der Waals surface area (Å²) in [5.74, 6) is -0.506. The average molecular weight is 571 g/mol. The third kappa shape index (κ3) is 8.27. The zero-order chi connectivity index (χ0) is 30.1. The highest BCUT2D eigenvalue weighted by molar-refractivity contribution is 6.01. The van der Waals surface area contributed by atoms with Crippen molar-refractivity contribution in [2.24, 2.45) is 5.73 Å². The molecule has 5 N–H and O–H groups in total. The Morgan fingerprint density at radius 2 is 1.69 bits per heavy atom. The second-order valence-electron chi connectivity index (χ2n) is 11.7. The van der Waals surface area contributed by atoms with Gasteiger partial charge in [0, 0.05) is 36.4 Å². The van der Waals surface area contributed by atoms with Crippen LogP contribution in [0.4, 0.5) is 5.69 Å². The first-order chi connectivity index (χ1) is 20.2. The number of carbonyl (C=O) groups excluding carboxylic acids is 3. The third-order valence-corrected chi connectivity index (χ3v) is 7.40. The van der Waals surface area contributed by atoms with Gasteiger partial charge < -0.3 is 26.4 Å². The topological polar surface area (TPSA) is 125 Å². The first kappa shape index (κ1) is 30.9. The number of benzene rings is 3. The van der Waals surface area contributed by atoms with Crippen molar-refractivity contribution >= 4 is 23.4 Å². The Kier molecular flexibility index (Phi) is 10.5. The minimum absolute atomic E-state index is 0.128. The number of anilines is 1. The molecule has 0 spiro atoms. The molecule has 1 aliphatic heterocycles. The van der Waals surface area contributed by atoms with Gasteiger partial charge >= 0.3 is 0 Å². The molecular weight excluding hydrogens is 528 g/mol. The van der Waals surface area contributed by atoms with E-state index in [1.54, 1.807) is 18.7 Å². The van der Waals surface area contributed by atoms with Crippen molar-refractivity contribution < 1.29 is 19.5 Å². The molecule has 3 aromatic rings. The standard InChI is InChI=1S/C34H42N4O4/c1-34(2,35)22-31(40)37-29-19-18-26-10-4-7-13-30(26)38(33(29)42)23-24-14-16-25(17-15-24)27-11-5-6-12-28(27)32(41)36-20-8-3-9-21-39/h4-7,10-17,29,39H,3,8-9,18-23,35H2,1-2H3,(H,36,41)(H,37,40)/t29-/m1/s1. The number of fused-ring (bicyclic) bond motifs is 1. The number of amides is 3. The lowest BCUT2D eigenvalue weighted by Crippen LogP contribution is -2.49. The summed E-state index contributed by atoms with van der Waals surface area (Å²) < 4.78 is 0. The summed E-state index contributed by atoms with van der Waals surface area (Å²) in [6.07, 6.45) is 3.74. The molecule has 4 rings (SSSR count). The van der Waals surface area contributed by atoms with E-state index in [-0.39, 0.29) is 30.7 Å². The summed E-state index contributed by atoms with van der Waals surface area (Å²) in [6.45, 7) is 4.65. The maximum atomic E-state index is 13.8. The highest BCUT2D eigenvalue weighted by Gasteiger charge is 2.32. The van der Waals surface area contributed by atoms with Crippen LogP contribution in [-0.4, -0.2) is 47.6 Å². The van der Waals surface area contributed by atoms with E-state index < -0.39 is 11.6 Å². The smallest absolute Gasteiger partial charge is 0.251 e. The Bertz CT molecular complexity index is 1380. The molecule has 0 saturated heterocycles.